The lowest BCUT2D eigenvalue weighted by atomic mass is 9.79. The van der Waals surface area contributed by atoms with Crippen LogP contribution < -0.4 is 5.32 Å². The van der Waals surface area contributed by atoms with Crippen molar-refractivity contribution in [2.24, 2.45) is 0 Å². The number of nitrogens with one attached hydrogen (secondary N) is 2. The molecule has 0 spiro atoms. The fourth-order valence-electron chi connectivity index (χ4n) is 3.39. The third-order valence-electron chi connectivity index (χ3n) is 5.23. The van der Waals surface area contributed by atoms with Crippen molar-refractivity contribution in [1.29, 1.82) is 0 Å². The van der Waals surface area contributed by atoms with Crippen LogP contribution in [0.4, 0.5) is 10.2 Å². The fourth-order valence-corrected chi connectivity index (χ4v) is 3.39. The predicted octanol–water partition coefficient (Wildman–Crippen LogP) is 3.18. The number of H-pyrrole nitrogens is 1. The third kappa shape index (κ3) is 4.04. The zero-order valence-electron chi connectivity index (χ0n) is 16.9. The van der Waals surface area contributed by atoms with Gasteiger partial charge in [-0.3, -0.25) is 9.78 Å². The highest BCUT2D eigenvalue weighted by Gasteiger charge is 2.35. The molecular weight excluding hydrogens is 401 g/mol. The Bertz CT molecular complexity index is 1230. The summed E-state index contributed by atoms with van der Waals surface area (Å²) in [5, 5.41) is 13.1. The Morgan fingerprint density at radius 2 is 2.10 bits per heavy atom. The van der Waals surface area contributed by atoms with Crippen LogP contribution in [-0.2, 0) is 10.2 Å². The summed E-state index contributed by atoms with van der Waals surface area (Å²) < 4.78 is 14.6. The van der Waals surface area contributed by atoms with Gasteiger partial charge >= 0.3 is 5.97 Å². The van der Waals surface area contributed by atoms with E-state index in [0.717, 1.165) is 6.20 Å². The number of carboxylic acids is 1. The Morgan fingerprint density at radius 1 is 1.26 bits per heavy atom. The molecule has 4 aromatic heterocycles. The lowest BCUT2D eigenvalue weighted by Crippen LogP contribution is -2.42. The molecule has 3 N–H and O–H groups in total. The van der Waals surface area contributed by atoms with Gasteiger partial charge in [0.15, 0.2) is 17.5 Å². The summed E-state index contributed by atoms with van der Waals surface area (Å²) in [6.45, 7) is 3.71. The van der Waals surface area contributed by atoms with Gasteiger partial charge < -0.3 is 15.4 Å². The molecule has 0 aliphatic rings. The first-order chi connectivity index (χ1) is 14.9. The molecule has 0 aliphatic heterocycles. The number of pyridine rings is 1. The number of aromatic nitrogens is 6. The van der Waals surface area contributed by atoms with Crippen LogP contribution in [0.1, 0.15) is 26.0 Å². The highest BCUT2D eigenvalue weighted by atomic mass is 19.1. The van der Waals surface area contributed by atoms with Crippen LogP contribution >= 0.6 is 0 Å². The zero-order valence-corrected chi connectivity index (χ0v) is 16.9. The van der Waals surface area contributed by atoms with Crippen molar-refractivity contribution in [1.82, 2.24) is 29.9 Å². The monoisotopic (exact) mass is 421 g/mol. The first kappa shape index (κ1) is 20.3. The maximum atomic E-state index is 14.6. The van der Waals surface area contributed by atoms with Gasteiger partial charge in [0.25, 0.3) is 0 Å². The van der Waals surface area contributed by atoms with E-state index in [9.17, 15) is 14.3 Å². The van der Waals surface area contributed by atoms with E-state index < -0.39 is 23.2 Å². The number of hydrogen-bond acceptors (Lipinski definition) is 7. The van der Waals surface area contributed by atoms with E-state index >= 15 is 0 Å². The number of aliphatic carboxylic acids is 1. The molecule has 4 rings (SSSR count). The Labute approximate surface area is 176 Å². The number of nitrogens with zero attached hydrogens (tertiary/aromatic N) is 5. The molecule has 0 fully saturated rings. The number of aromatic amines is 1. The van der Waals surface area contributed by atoms with E-state index in [1.165, 1.54) is 6.33 Å². The topological polar surface area (TPSA) is 130 Å². The summed E-state index contributed by atoms with van der Waals surface area (Å²) in [4.78, 5) is 35.5. The molecule has 31 heavy (non-hydrogen) atoms. The first-order valence-corrected chi connectivity index (χ1v) is 9.56. The average molecular weight is 421 g/mol. The van der Waals surface area contributed by atoms with E-state index in [1.54, 1.807) is 24.7 Å². The summed E-state index contributed by atoms with van der Waals surface area (Å²) in [5.74, 6) is -1.54. The average Bonchev–Trinajstić information content (AvgIpc) is 3.19. The van der Waals surface area contributed by atoms with Crippen LogP contribution in [-0.4, -0.2) is 47.0 Å². The third-order valence-corrected chi connectivity index (χ3v) is 5.23. The van der Waals surface area contributed by atoms with Gasteiger partial charge in [-0.25, -0.2) is 24.3 Å². The lowest BCUT2D eigenvalue weighted by Gasteiger charge is -2.34. The number of carboxylic acid groups (broad SMARTS) is 1. The van der Waals surface area contributed by atoms with Crippen LogP contribution in [0, 0.1) is 5.82 Å². The predicted molar refractivity (Wildman–Crippen MR) is 112 cm³/mol. The first-order valence-electron chi connectivity index (χ1n) is 9.56. The van der Waals surface area contributed by atoms with Crippen molar-refractivity contribution in [3.63, 3.8) is 0 Å². The van der Waals surface area contributed by atoms with Crippen molar-refractivity contribution >= 4 is 22.8 Å². The van der Waals surface area contributed by atoms with Crippen molar-refractivity contribution in [3.05, 3.63) is 60.8 Å². The minimum atomic E-state index is -1.02. The van der Waals surface area contributed by atoms with Crippen LogP contribution in [0.5, 0.6) is 0 Å². The van der Waals surface area contributed by atoms with E-state index in [1.807, 2.05) is 26.0 Å². The number of fused-ring (bicyclic) bond motifs is 1. The van der Waals surface area contributed by atoms with Gasteiger partial charge in [0.1, 0.15) is 12.0 Å². The van der Waals surface area contributed by atoms with Gasteiger partial charge in [0, 0.05) is 46.7 Å². The number of halogens is 1. The molecule has 10 heteroatoms. The van der Waals surface area contributed by atoms with Gasteiger partial charge in [0.2, 0.25) is 0 Å². The highest BCUT2D eigenvalue weighted by Crippen LogP contribution is 2.31. The molecule has 0 amide bonds. The Hall–Kier alpha value is -3.95. The van der Waals surface area contributed by atoms with Crippen molar-refractivity contribution in [2.45, 2.75) is 31.7 Å². The SMILES string of the molecule is CC(C)(c1ccccn1)C(CC(=O)O)Nc1nc(-c2c[nH]c3ncncc23)ncc1F. The van der Waals surface area contributed by atoms with Gasteiger partial charge in [-0.2, -0.15) is 0 Å². The summed E-state index contributed by atoms with van der Waals surface area (Å²) in [7, 11) is 0. The van der Waals surface area contributed by atoms with Gasteiger partial charge in [-0.05, 0) is 12.1 Å². The summed E-state index contributed by atoms with van der Waals surface area (Å²) in [6.07, 6.45) is 7.13. The number of rotatable bonds is 7. The number of anilines is 1. The molecule has 0 aromatic carbocycles. The summed E-state index contributed by atoms with van der Waals surface area (Å²) in [6, 6.07) is 4.72. The smallest absolute Gasteiger partial charge is 0.305 e. The second-order valence-corrected chi connectivity index (χ2v) is 7.61. The van der Waals surface area contributed by atoms with Crippen LogP contribution in [0.25, 0.3) is 22.4 Å². The minimum Gasteiger partial charge on any atom is -0.481 e. The van der Waals surface area contributed by atoms with Gasteiger partial charge in [-0.1, -0.05) is 19.9 Å². The molecule has 158 valence electrons. The molecular formula is C21H20FN7O2. The Balaban J connectivity index is 1.72. The van der Waals surface area contributed by atoms with Crippen molar-refractivity contribution < 1.29 is 14.3 Å². The summed E-state index contributed by atoms with van der Waals surface area (Å²) >= 11 is 0. The lowest BCUT2D eigenvalue weighted by molar-refractivity contribution is -0.137. The maximum absolute atomic E-state index is 14.6. The largest absolute Gasteiger partial charge is 0.481 e. The van der Waals surface area contributed by atoms with Gasteiger partial charge in [0.05, 0.1) is 12.6 Å². The van der Waals surface area contributed by atoms with Crippen LogP contribution in [0.15, 0.2) is 49.3 Å². The molecule has 1 atom stereocenters. The molecule has 4 heterocycles. The molecule has 0 bridgehead atoms. The second-order valence-electron chi connectivity index (χ2n) is 7.61. The second kappa shape index (κ2) is 8.05. The Kier molecular flexibility index (Phi) is 5.28. The van der Waals surface area contributed by atoms with E-state index in [-0.39, 0.29) is 18.1 Å². The van der Waals surface area contributed by atoms with E-state index in [4.69, 9.17) is 0 Å². The molecule has 0 saturated carbocycles. The maximum Gasteiger partial charge on any atom is 0.305 e. The fraction of sp³-hybridized carbons (Fsp3) is 0.238. The molecule has 9 nitrogen and oxygen atoms in total. The van der Waals surface area contributed by atoms with Gasteiger partial charge in [-0.15, -0.1) is 0 Å². The minimum absolute atomic E-state index is 0.0912. The number of hydrogen-bond donors (Lipinski definition) is 3. The Morgan fingerprint density at radius 3 is 2.84 bits per heavy atom. The van der Waals surface area contributed by atoms with E-state index in [2.05, 4.69) is 35.2 Å². The normalized spacial score (nSPS) is 12.6. The van der Waals surface area contributed by atoms with E-state index in [0.29, 0.717) is 22.3 Å². The zero-order chi connectivity index (χ0) is 22.0. The molecule has 0 aliphatic carbocycles. The standard InChI is InChI=1S/C21H20FN7O2/c1-21(2,15-5-3-4-6-24-15)16(7-17(30)31)28-20-14(22)10-26-19(29-20)13-9-25-18-12(13)8-23-11-27-18/h3-6,8-11,16H,7H2,1-2H3,(H,30,31)(H,23,25,27)(H,26,28,29). The highest BCUT2D eigenvalue weighted by molar-refractivity contribution is 5.90. The number of carbonyl (C=O) groups is 1. The molecule has 0 saturated heterocycles. The van der Waals surface area contributed by atoms with Crippen molar-refractivity contribution in [3.8, 4) is 11.4 Å². The summed E-state index contributed by atoms with van der Waals surface area (Å²) in [5.41, 5.74) is 1.16. The molecule has 0 radical (unpaired) electrons. The van der Waals surface area contributed by atoms with Crippen molar-refractivity contribution in [2.75, 3.05) is 5.32 Å². The molecule has 4 aromatic rings. The van der Waals surface area contributed by atoms with Crippen LogP contribution in [0.3, 0.4) is 0 Å². The van der Waals surface area contributed by atoms with Crippen LogP contribution in [0.2, 0.25) is 0 Å². The molecule has 1 unspecified atom stereocenters. The quantitative estimate of drug-likeness (QED) is 0.415.